The number of nitrogens with one attached hydrogen (secondary N) is 1. The second-order valence-corrected chi connectivity index (χ2v) is 10.2. The first kappa shape index (κ1) is 26.7. The minimum Gasteiger partial charge on any atom is -0.331 e. The summed E-state index contributed by atoms with van der Waals surface area (Å²) in [7, 11) is -8.11. The molecule has 1 atom stereocenters. The minimum atomic E-state index is -4.06. The molecule has 0 spiro atoms. The van der Waals surface area contributed by atoms with Gasteiger partial charge in [-0.3, -0.25) is 13.9 Å². The van der Waals surface area contributed by atoms with E-state index in [0.717, 1.165) is 6.42 Å². The van der Waals surface area contributed by atoms with Crippen LogP contribution in [0.2, 0.25) is 0 Å². The van der Waals surface area contributed by atoms with Crippen molar-refractivity contribution < 1.29 is 32.0 Å². The Labute approximate surface area is 162 Å². The van der Waals surface area contributed by atoms with Gasteiger partial charge in [-0.1, -0.05) is 6.42 Å². The van der Waals surface area contributed by atoms with E-state index < -0.39 is 32.7 Å². The molecule has 0 heterocycles. The third-order valence-corrected chi connectivity index (χ3v) is 9.04. The molecule has 0 aliphatic rings. The van der Waals surface area contributed by atoms with E-state index in [0.29, 0.717) is 19.4 Å². The van der Waals surface area contributed by atoms with Crippen molar-refractivity contribution in [1.82, 2.24) is 5.32 Å². The summed E-state index contributed by atoms with van der Waals surface area (Å²) in [6, 6.07) is -0.896. The van der Waals surface area contributed by atoms with Gasteiger partial charge in [0, 0.05) is 0 Å². The maximum atomic E-state index is 13.3. The Morgan fingerprint density at radius 2 is 1.30 bits per heavy atom. The smallest absolute Gasteiger partial charge is 0.331 e. The molecule has 27 heavy (non-hydrogen) atoms. The van der Waals surface area contributed by atoms with Crippen molar-refractivity contribution in [2.24, 2.45) is 11.5 Å². The second kappa shape index (κ2) is 13.8. The molecular formula is C15H35N3O7P2. The molecule has 0 aromatic carbocycles. The van der Waals surface area contributed by atoms with E-state index in [1.54, 1.807) is 27.7 Å². The van der Waals surface area contributed by atoms with E-state index in [1.807, 2.05) is 0 Å². The summed E-state index contributed by atoms with van der Waals surface area (Å²) in [6.45, 7) is 6.99. The van der Waals surface area contributed by atoms with Gasteiger partial charge in [0.05, 0.1) is 32.5 Å². The van der Waals surface area contributed by atoms with Gasteiger partial charge in [0.2, 0.25) is 11.4 Å². The van der Waals surface area contributed by atoms with E-state index in [9.17, 15) is 13.9 Å². The topological polar surface area (TPSA) is 152 Å². The fraction of sp³-hybridized carbons (Fsp3) is 0.933. The SMILES string of the molecule is CCOP(=O)(OCC)C(NC(=O)[C@@H](N)CCCCN)P(=O)(OCC)OCC. The van der Waals surface area contributed by atoms with Crippen LogP contribution in [0.5, 0.6) is 0 Å². The molecule has 0 rings (SSSR count). The molecule has 0 fully saturated rings. The molecule has 0 saturated carbocycles. The number of carbonyl (C=O) groups is 1. The fourth-order valence-electron chi connectivity index (χ4n) is 2.28. The number of hydrogen-bond acceptors (Lipinski definition) is 9. The molecule has 0 aliphatic heterocycles. The summed E-state index contributed by atoms with van der Waals surface area (Å²) in [5, 5.41) is 2.44. The van der Waals surface area contributed by atoms with Crippen molar-refractivity contribution >= 4 is 21.1 Å². The van der Waals surface area contributed by atoms with Gasteiger partial charge in [-0.05, 0) is 47.1 Å². The van der Waals surface area contributed by atoms with Gasteiger partial charge in [-0.2, -0.15) is 0 Å². The van der Waals surface area contributed by atoms with Gasteiger partial charge in [0.25, 0.3) is 0 Å². The molecule has 162 valence electrons. The molecule has 0 aromatic heterocycles. The standard InChI is InChI=1S/C15H35N3O7P2/c1-5-22-26(20,23-6-2)15(27(21,24-7-3)25-8-4)18-14(19)13(17)11-9-10-12-16/h13,15H,5-12,16-17H2,1-4H3,(H,18,19)/t13-/m0/s1. The molecule has 0 aliphatic carbocycles. The van der Waals surface area contributed by atoms with Crippen LogP contribution in [0.4, 0.5) is 0 Å². The Bertz CT molecular complexity index is 472. The van der Waals surface area contributed by atoms with Crippen LogP contribution in [0, 0.1) is 0 Å². The highest BCUT2D eigenvalue weighted by Gasteiger charge is 2.52. The molecule has 5 N–H and O–H groups in total. The first-order valence-electron chi connectivity index (χ1n) is 9.28. The third kappa shape index (κ3) is 8.71. The third-order valence-electron chi connectivity index (χ3n) is 3.41. The lowest BCUT2D eigenvalue weighted by Gasteiger charge is -2.32. The van der Waals surface area contributed by atoms with Crippen LogP contribution < -0.4 is 16.8 Å². The summed E-state index contributed by atoms with van der Waals surface area (Å²) in [5.74, 6) is -0.642. The lowest BCUT2D eigenvalue weighted by Crippen LogP contribution is -2.46. The quantitative estimate of drug-likeness (QED) is 0.247. The first-order valence-corrected chi connectivity index (χ1v) is 12.5. The van der Waals surface area contributed by atoms with E-state index in [4.69, 9.17) is 29.6 Å². The molecule has 0 saturated heterocycles. The molecule has 0 aromatic rings. The Morgan fingerprint density at radius 3 is 1.63 bits per heavy atom. The van der Waals surface area contributed by atoms with Gasteiger partial charge < -0.3 is 34.9 Å². The molecule has 0 bridgehead atoms. The maximum Gasteiger partial charge on any atom is 0.365 e. The highest BCUT2D eigenvalue weighted by atomic mass is 31.2. The first-order chi connectivity index (χ1) is 12.7. The normalized spacial score (nSPS) is 13.7. The number of nitrogens with two attached hydrogens (primary N) is 2. The molecule has 1 amide bonds. The molecule has 12 heteroatoms. The summed E-state index contributed by atoms with van der Waals surface area (Å²) < 4.78 is 47.7. The van der Waals surface area contributed by atoms with Crippen LogP contribution in [0.15, 0.2) is 0 Å². The predicted octanol–water partition coefficient (Wildman–Crippen LogP) is 2.37. The monoisotopic (exact) mass is 431 g/mol. The largest absolute Gasteiger partial charge is 0.365 e. The number of amides is 1. The fourth-order valence-corrected chi connectivity index (χ4v) is 7.19. The lowest BCUT2D eigenvalue weighted by molar-refractivity contribution is -0.122. The molecule has 10 nitrogen and oxygen atoms in total. The zero-order chi connectivity index (χ0) is 20.9. The van der Waals surface area contributed by atoms with Crippen LogP contribution >= 0.6 is 15.2 Å². The molecule has 0 radical (unpaired) electrons. The Morgan fingerprint density at radius 1 is 0.889 bits per heavy atom. The number of carbonyl (C=O) groups excluding carboxylic acids is 1. The van der Waals surface area contributed by atoms with E-state index in [-0.39, 0.29) is 26.4 Å². The highest BCUT2D eigenvalue weighted by Crippen LogP contribution is 2.69. The van der Waals surface area contributed by atoms with Crippen LogP contribution in [0.25, 0.3) is 0 Å². The summed E-state index contributed by atoms with van der Waals surface area (Å²) in [4.78, 5) is 12.5. The molecular weight excluding hydrogens is 396 g/mol. The summed E-state index contributed by atoms with van der Waals surface area (Å²) in [5.41, 5.74) is 9.72. The Balaban J connectivity index is 5.72. The van der Waals surface area contributed by atoms with Gasteiger partial charge in [-0.25, -0.2) is 0 Å². The zero-order valence-electron chi connectivity index (χ0n) is 16.7. The predicted molar refractivity (Wildman–Crippen MR) is 105 cm³/mol. The van der Waals surface area contributed by atoms with Crippen LogP contribution in [-0.2, 0) is 32.0 Å². The Kier molecular flexibility index (Phi) is 13.6. The molecule has 0 unspecified atom stereocenters. The van der Waals surface area contributed by atoms with Crippen molar-refractivity contribution in [3.05, 3.63) is 0 Å². The van der Waals surface area contributed by atoms with E-state index in [2.05, 4.69) is 5.32 Å². The van der Waals surface area contributed by atoms with Crippen LogP contribution in [0.1, 0.15) is 47.0 Å². The van der Waals surface area contributed by atoms with Crippen molar-refractivity contribution in [3.63, 3.8) is 0 Å². The summed E-state index contributed by atoms with van der Waals surface area (Å²) in [6.07, 6.45) is 1.74. The number of unbranched alkanes of at least 4 members (excludes halogenated alkanes) is 1. The average Bonchev–Trinajstić information content (AvgIpc) is 2.60. The summed E-state index contributed by atoms with van der Waals surface area (Å²) >= 11 is 0. The van der Waals surface area contributed by atoms with E-state index in [1.165, 1.54) is 0 Å². The highest BCUT2D eigenvalue weighted by molar-refractivity contribution is 7.72. The lowest BCUT2D eigenvalue weighted by atomic mass is 10.1. The average molecular weight is 431 g/mol. The van der Waals surface area contributed by atoms with Gasteiger partial charge >= 0.3 is 15.2 Å². The van der Waals surface area contributed by atoms with Crippen molar-refractivity contribution in [2.45, 2.75) is 58.5 Å². The maximum absolute atomic E-state index is 13.3. The van der Waals surface area contributed by atoms with Crippen LogP contribution in [0.3, 0.4) is 0 Å². The second-order valence-electron chi connectivity index (χ2n) is 5.52. The van der Waals surface area contributed by atoms with Crippen molar-refractivity contribution in [3.8, 4) is 0 Å². The van der Waals surface area contributed by atoms with Gasteiger partial charge in [0.15, 0.2) is 0 Å². The number of hydrogen-bond donors (Lipinski definition) is 3. The van der Waals surface area contributed by atoms with Gasteiger partial charge in [0.1, 0.15) is 0 Å². The van der Waals surface area contributed by atoms with Crippen molar-refractivity contribution in [2.75, 3.05) is 33.0 Å². The van der Waals surface area contributed by atoms with E-state index >= 15 is 0 Å². The number of rotatable bonds is 16. The Hall–Kier alpha value is -0.310. The van der Waals surface area contributed by atoms with Crippen LogP contribution in [-0.4, -0.2) is 50.4 Å². The zero-order valence-corrected chi connectivity index (χ0v) is 18.5. The van der Waals surface area contributed by atoms with Crippen molar-refractivity contribution in [1.29, 1.82) is 0 Å². The van der Waals surface area contributed by atoms with Gasteiger partial charge in [-0.15, -0.1) is 0 Å². The minimum absolute atomic E-state index is 0.0183.